The Labute approximate surface area is 213 Å². The number of aromatic nitrogens is 4. The lowest BCUT2D eigenvalue weighted by Gasteiger charge is -2.09. The number of ether oxygens (including phenoxy) is 2. The molecule has 2 N–H and O–H groups in total. The van der Waals surface area contributed by atoms with Crippen LogP contribution in [-0.4, -0.2) is 48.6 Å². The van der Waals surface area contributed by atoms with Crippen LogP contribution < -0.4 is 19.8 Å². The number of hydrogen-bond donors (Lipinski definition) is 2. The number of rotatable bonds is 8. The van der Waals surface area contributed by atoms with Crippen molar-refractivity contribution in [1.82, 2.24) is 19.7 Å². The number of benzene rings is 2. The standard InChI is InChI=1S/C25H26N6O5S/c1-15-6-11-21(16(2)12-15)31-24(32)20(17(3)29-31)14-26-18-7-9-19(10-8-18)37(33,34)30-22-13-23(35-4)28-25(27-22)36-5/h6-14,29H,1-5H3,(H,27,28,30). The van der Waals surface area contributed by atoms with Crippen molar-refractivity contribution < 1.29 is 17.9 Å². The first-order valence-electron chi connectivity index (χ1n) is 11.1. The second kappa shape index (κ2) is 10.3. The van der Waals surface area contributed by atoms with Gasteiger partial charge in [-0.1, -0.05) is 17.7 Å². The Kier molecular flexibility index (Phi) is 7.11. The van der Waals surface area contributed by atoms with Gasteiger partial charge in [-0.15, -0.1) is 0 Å². The van der Waals surface area contributed by atoms with Gasteiger partial charge >= 0.3 is 6.01 Å². The third-order valence-corrected chi connectivity index (χ3v) is 6.88. The molecule has 0 amide bonds. The molecule has 0 atom stereocenters. The van der Waals surface area contributed by atoms with E-state index in [1.54, 1.807) is 6.92 Å². The van der Waals surface area contributed by atoms with E-state index in [4.69, 9.17) is 9.47 Å². The van der Waals surface area contributed by atoms with Gasteiger partial charge in [0.2, 0.25) is 5.88 Å². The lowest BCUT2D eigenvalue weighted by atomic mass is 10.1. The maximum atomic E-state index is 13.0. The van der Waals surface area contributed by atoms with Crippen LogP contribution in [0.15, 0.2) is 63.2 Å². The highest BCUT2D eigenvalue weighted by molar-refractivity contribution is 7.92. The Morgan fingerprint density at radius 2 is 1.73 bits per heavy atom. The van der Waals surface area contributed by atoms with Crippen LogP contribution in [0, 0.1) is 20.8 Å². The van der Waals surface area contributed by atoms with Crippen LogP contribution in [0.5, 0.6) is 11.9 Å². The van der Waals surface area contributed by atoms with Gasteiger partial charge in [-0.25, -0.2) is 13.1 Å². The molecule has 2 aromatic carbocycles. The molecule has 2 aromatic heterocycles. The summed E-state index contributed by atoms with van der Waals surface area (Å²) in [5.74, 6) is 0.139. The molecule has 0 bridgehead atoms. The number of nitrogens with one attached hydrogen (secondary N) is 2. The van der Waals surface area contributed by atoms with Crippen molar-refractivity contribution >= 4 is 27.7 Å². The predicted octanol–water partition coefficient (Wildman–Crippen LogP) is 3.45. The van der Waals surface area contributed by atoms with Crippen molar-refractivity contribution in [3.8, 4) is 17.6 Å². The molecule has 0 unspecified atom stereocenters. The van der Waals surface area contributed by atoms with Gasteiger partial charge < -0.3 is 9.47 Å². The molecule has 4 rings (SSSR count). The minimum absolute atomic E-state index is 0.00183. The topological polar surface area (TPSA) is 141 Å². The van der Waals surface area contributed by atoms with E-state index in [-0.39, 0.29) is 28.2 Å². The maximum Gasteiger partial charge on any atom is 0.321 e. The smallest absolute Gasteiger partial charge is 0.321 e. The second-order valence-electron chi connectivity index (χ2n) is 8.22. The van der Waals surface area contributed by atoms with Crippen molar-refractivity contribution in [2.75, 3.05) is 18.9 Å². The summed E-state index contributed by atoms with van der Waals surface area (Å²) < 4.78 is 39.5. The van der Waals surface area contributed by atoms with Crippen molar-refractivity contribution in [1.29, 1.82) is 0 Å². The van der Waals surface area contributed by atoms with Gasteiger partial charge in [0.25, 0.3) is 15.6 Å². The summed E-state index contributed by atoms with van der Waals surface area (Å²) in [6, 6.07) is 13.0. The fraction of sp³-hybridized carbons (Fsp3) is 0.200. The highest BCUT2D eigenvalue weighted by atomic mass is 32.2. The number of methoxy groups -OCH3 is 2. The normalized spacial score (nSPS) is 11.6. The Morgan fingerprint density at radius 3 is 2.38 bits per heavy atom. The van der Waals surface area contributed by atoms with Gasteiger partial charge in [0.1, 0.15) is 0 Å². The van der Waals surface area contributed by atoms with E-state index < -0.39 is 10.0 Å². The third kappa shape index (κ3) is 5.54. The SMILES string of the molecule is COc1cc(NS(=O)(=O)c2ccc(N=Cc3c(C)[nH]n(-c4ccc(C)cc4C)c3=O)cc2)nc(OC)n1. The molecular formula is C25H26N6O5S. The van der Waals surface area contributed by atoms with Crippen LogP contribution in [0.25, 0.3) is 5.69 Å². The number of aryl methyl sites for hydroxylation is 3. The summed E-state index contributed by atoms with van der Waals surface area (Å²) in [4.78, 5) is 25.3. The molecule has 192 valence electrons. The fourth-order valence-electron chi connectivity index (χ4n) is 3.64. The minimum atomic E-state index is -3.96. The summed E-state index contributed by atoms with van der Waals surface area (Å²) in [7, 11) is -1.20. The molecule has 0 radical (unpaired) electrons. The molecule has 0 aliphatic carbocycles. The summed E-state index contributed by atoms with van der Waals surface area (Å²) in [5, 5.41) is 3.09. The monoisotopic (exact) mass is 522 g/mol. The molecule has 37 heavy (non-hydrogen) atoms. The van der Waals surface area contributed by atoms with Crippen molar-refractivity contribution in [3.05, 3.63) is 81.3 Å². The van der Waals surface area contributed by atoms with Crippen molar-refractivity contribution in [2.24, 2.45) is 4.99 Å². The first-order valence-corrected chi connectivity index (χ1v) is 12.6. The molecule has 0 spiro atoms. The third-order valence-electron chi connectivity index (χ3n) is 5.51. The molecular weight excluding hydrogens is 496 g/mol. The van der Waals surface area contributed by atoms with E-state index in [1.807, 2.05) is 32.0 Å². The second-order valence-corrected chi connectivity index (χ2v) is 9.90. The largest absolute Gasteiger partial charge is 0.481 e. The number of aliphatic imine (C=N–C) groups is 1. The Bertz CT molecular complexity index is 1620. The van der Waals surface area contributed by atoms with E-state index in [0.29, 0.717) is 16.9 Å². The number of hydrogen-bond acceptors (Lipinski definition) is 8. The highest BCUT2D eigenvalue weighted by Crippen LogP contribution is 2.22. The Balaban J connectivity index is 1.55. The first kappa shape index (κ1) is 25.6. The number of aromatic amines is 1. The molecule has 11 nitrogen and oxygen atoms in total. The highest BCUT2D eigenvalue weighted by Gasteiger charge is 2.17. The van der Waals surface area contributed by atoms with Gasteiger partial charge in [0.15, 0.2) is 5.82 Å². The van der Waals surface area contributed by atoms with E-state index in [2.05, 4.69) is 24.8 Å². The molecule has 0 saturated heterocycles. The van der Waals surface area contributed by atoms with Crippen LogP contribution in [0.4, 0.5) is 11.5 Å². The summed E-state index contributed by atoms with van der Waals surface area (Å²) in [6.07, 6.45) is 1.47. The van der Waals surface area contributed by atoms with E-state index >= 15 is 0 Å². The van der Waals surface area contributed by atoms with Gasteiger partial charge in [-0.2, -0.15) is 9.97 Å². The van der Waals surface area contributed by atoms with Crippen molar-refractivity contribution in [3.63, 3.8) is 0 Å². The Morgan fingerprint density at radius 1 is 1.00 bits per heavy atom. The van der Waals surface area contributed by atoms with Crippen LogP contribution in [0.1, 0.15) is 22.4 Å². The number of sulfonamides is 1. The van der Waals surface area contributed by atoms with E-state index in [0.717, 1.165) is 16.8 Å². The van der Waals surface area contributed by atoms with Gasteiger partial charge in [-0.05, 0) is 56.7 Å². The molecule has 0 fully saturated rings. The fourth-order valence-corrected chi connectivity index (χ4v) is 4.63. The molecule has 4 aromatic rings. The number of nitrogens with zero attached hydrogens (tertiary/aromatic N) is 4. The summed E-state index contributed by atoms with van der Waals surface area (Å²) in [5.41, 5.74) is 4.15. The summed E-state index contributed by atoms with van der Waals surface area (Å²) in [6.45, 7) is 5.73. The van der Waals surface area contributed by atoms with Crippen LogP contribution in [0.3, 0.4) is 0 Å². The molecule has 2 heterocycles. The van der Waals surface area contributed by atoms with E-state index in [9.17, 15) is 13.2 Å². The van der Waals surface area contributed by atoms with Crippen LogP contribution >= 0.6 is 0 Å². The average Bonchev–Trinajstić information content (AvgIpc) is 3.15. The zero-order valence-corrected chi connectivity index (χ0v) is 21.8. The maximum absolute atomic E-state index is 13.0. The molecule has 0 saturated carbocycles. The van der Waals surface area contributed by atoms with Gasteiger partial charge in [0.05, 0.1) is 36.1 Å². The first-order chi connectivity index (χ1) is 17.6. The van der Waals surface area contributed by atoms with Crippen LogP contribution in [0.2, 0.25) is 0 Å². The quantitative estimate of drug-likeness (QED) is 0.338. The minimum Gasteiger partial charge on any atom is -0.481 e. The van der Waals surface area contributed by atoms with Crippen molar-refractivity contribution in [2.45, 2.75) is 25.7 Å². The molecule has 0 aliphatic heterocycles. The lowest BCUT2D eigenvalue weighted by molar-refractivity contribution is 0.353. The number of anilines is 1. The van der Waals surface area contributed by atoms with E-state index in [1.165, 1.54) is 55.4 Å². The molecule has 0 aliphatic rings. The lowest BCUT2D eigenvalue weighted by Crippen LogP contribution is -2.18. The predicted molar refractivity (Wildman–Crippen MR) is 140 cm³/mol. The average molecular weight is 523 g/mol. The van der Waals surface area contributed by atoms with Crippen LogP contribution in [-0.2, 0) is 10.0 Å². The zero-order chi connectivity index (χ0) is 26.7. The van der Waals surface area contributed by atoms with Gasteiger partial charge in [-0.3, -0.25) is 19.6 Å². The van der Waals surface area contributed by atoms with Gasteiger partial charge in [0, 0.05) is 18.0 Å². The molecule has 12 heteroatoms. The number of H-pyrrole nitrogens is 1. The Hall–Kier alpha value is -4.45. The zero-order valence-electron chi connectivity index (χ0n) is 20.9. The summed E-state index contributed by atoms with van der Waals surface area (Å²) >= 11 is 0.